The summed E-state index contributed by atoms with van der Waals surface area (Å²) >= 11 is 0. The lowest BCUT2D eigenvalue weighted by molar-refractivity contribution is -0.166. The molecule has 168 valence electrons. The zero-order valence-electron chi connectivity index (χ0n) is 19.3. The average Bonchev–Trinajstić information content (AvgIpc) is 3.36. The molecule has 0 bridgehead atoms. The summed E-state index contributed by atoms with van der Waals surface area (Å²) in [4.78, 5) is 25.3. The normalized spacial score (nSPS) is 48.7. The minimum Gasteiger partial charge on any atom is -0.468 e. The number of fused-ring (bicyclic) bond motifs is 5. The number of Topliss-reactive ketones (excluding diaryl/α,β-unsaturated/α-hetero) is 1. The summed E-state index contributed by atoms with van der Waals surface area (Å²) in [5, 5.41) is 4.18. The molecule has 3 unspecified atom stereocenters. The van der Waals surface area contributed by atoms with Crippen LogP contribution in [0.4, 0.5) is 0 Å². The molecule has 30 heavy (non-hydrogen) atoms. The van der Waals surface area contributed by atoms with E-state index in [0.717, 1.165) is 11.8 Å². The molecule has 5 aliphatic rings. The van der Waals surface area contributed by atoms with Gasteiger partial charge in [-0.3, -0.25) is 9.59 Å². The molecule has 1 N–H and O–H groups in total. The number of hydrogen-bond acceptors (Lipinski definition) is 4. The third-order valence-corrected chi connectivity index (χ3v) is 10.6. The topological polar surface area (TPSA) is 55.4 Å². The fourth-order valence-electron chi connectivity index (χ4n) is 9.24. The summed E-state index contributed by atoms with van der Waals surface area (Å²) in [5.41, 5.74) is 0.544. The Bertz CT molecular complexity index is 700. The molecule has 0 amide bonds. The smallest absolute Gasteiger partial charge is 0.316 e. The Morgan fingerprint density at radius 2 is 1.80 bits per heavy atom. The molecule has 4 nitrogen and oxygen atoms in total. The Morgan fingerprint density at radius 3 is 2.53 bits per heavy atom. The Balaban J connectivity index is 1.50. The number of nitrogens with one attached hydrogen (secondary N) is 1. The number of ketones is 1. The van der Waals surface area contributed by atoms with Crippen LogP contribution in [0.2, 0.25) is 0 Å². The van der Waals surface area contributed by atoms with Crippen LogP contribution in [-0.4, -0.2) is 30.9 Å². The minimum atomic E-state index is -0.543. The summed E-state index contributed by atoms with van der Waals surface area (Å²) in [6, 6.07) is 1.21. The lowest BCUT2D eigenvalue weighted by Crippen LogP contribution is -2.63. The second-order valence-electron chi connectivity index (χ2n) is 12.0. The molecule has 5 rings (SSSR count). The van der Waals surface area contributed by atoms with E-state index in [1.54, 1.807) is 0 Å². The molecule has 0 spiro atoms. The van der Waals surface area contributed by atoms with E-state index in [9.17, 15) is 9.59 Å². The lowest BCUT2D eigenvalue weighted by Gasteiger charge is -2.63. The van der Waals surface area contributed by atoms with E-state index in [4.69, 9.17) is 4.74 Å². The number of esters is 1. The van der Waals surface area contributed by atoms with Gasteiger partial charge in [0.15, 0.2) is 0 Å². The van der Waals surface area contributed by atoms with Crippen LogP contribution < -0.4 is 5.32 Å². The van der Waals surface area contributed by atoms with Gasteiger partial charge in [0.1, 0.15) is 11.7 Å². The number of methoxy groups -OCH3 is 1. The summed E-state index contributed by atoms with van der Waals surface area (Å²) in [7, 11) is 1.43. The molecule has 0 aromatic rings. The van der Waals surface area contributed by atoms with Crippen molar-refractivity contribution in [2.24, 2.45) is 40.4 Å². The third kappa shape index (κ3) is 3.19. The van der Waals surface area contributed by atoms with Gasteiger partial charge in [0, 0.05) is 18.5 Å². The fourth-order valence-corrected chi connectivity index (χ4v) is 9.24. The fraction of sp³-hybridized carbons (Fsp3) is 0.923. The maximum Gasteiger partial charge on any atom is 0.316 e. The van der Waals surface area contributed by atoms with Gasteiger partial charge in [-0.15, -0.1) is 0 Å². The Kier molecular flexibility index (Phi) is 5.31. The van der Waals surface area contributed by atoms with Gasteiger partial charge < -0.3 is 10.1 Å². The van der Waals surface area contributed by atoms with Crippen LogP contribution in [0, 0.1) is 40.4 Å². The van der Waals surface area contributed by atoms with E-state index >= 15 is 0 Å². The van der Waals surface area contributed by atoms with Gasteiger partial charge in [-0.05, 0) is 85.9 Å². The van der Waals surface area contributed by atoms with Crippen LogP contribution in [0.5, 0.6) is 0 Å². The number of carbonyl (C=O) groups is 2. The van der Waals surface area contributed by atoms with Crippen LogP contribution in [0.15, 0.2) is 0 Å². The molecule has 0 aromatic carbocycles. The van der Waals surface area contributed by atoms with Crippen molar-refractivity contribution in [3.8, 4) is 0 Å². The first-order chi connectivity index (χ1) is 14.4. The van der Waals surface area contributed by atoms with Crippen molar-refractivity contribution in [3.63, 3.8) is 0 Å². The number of rotatable bonds is 3. The van der Waals surface area contributed by atoms with Gasteiger partial charge in [-0.1, -0.05) is 33.1 Å². The largest absolute Gasteiger partial charge is 0.468 e. The first kappa shape index (κ1) is 21.0. The van der Waals surface area contributed by atoms with Crippen molar-refractivity contribution in [1.29, 1.82) is 0 Å². The van der Waals surface area contributed by atoms with Crippen LogP contribution in [-0.2, 0) is 14.3 Å². The predicted octanol–water partition coefficient (Wildman–Crippen LogP) is 4.90. The van der Waals surface area contributed by atoms with Gasteiger partial charge in [0.05, 0.1) is 7.11 Å². The molecule has 0 radical (unpaired) electrons. The van der Waals surface area contributed by atoms with Gasteiger partial charge >= 0.3 is 5.97 Å². The molecule has 5 fully saturated rings. The van der Waals surface area contributed by atoms with Gasteiger partial charge in [-0.25, -0.2) is 0 Å². The summed E-state index contributed by atoms with van der Waals surface area (Å²) < 4.78 is 5.07. The van der Waals surface area contributed by atoms with E-state index in [0.29, 0.717) is 42.2 Å². The second kappa shape index (κ2) is 7.60. The average molecular weight is 416 g/mol. The molecule has 5 aliphatic carbocycles. The molecule has 8 atom stereocenters. The Morgan fingerprint density at radius 1 is 1.03 bits per heavy atom. The van der Waals surface area contributed by atoms with E-state index < -0.39 is 5.92 Å². The van der Waals surface area contributed by atoms with Gasteiger partial charge in [-0.2, -0.15) is 0 Å². The first-order valence-electron chi connectivity index (χ1n) is 12.7. The Labute approximate surface area is 182 Å². The lowest BCUT2D eigenvalue weighted by atomic mass is 9.43. The van der Waals surface area contributed by atoms with Crippen LogP contribution in [0.25, 0.3) is 0 Å². The van der Waals surface area contributed by atoms with Crippen molar-refractivity contribution in [2.75, 3.05) is 7.11 Å². The highest BCUT2D eigenvalue weighted by molar-refractivity contribution is 5.99. The van der Waals surface area contributed by atoms with Crippen molar-refractivity contribution in [2.45, 2.75) is 103 Å². The molecule has 0 saturated heterocycles. The molecule has 5 saturated carbocycles. The molecule has 0 aromatic heterocycles. The summed E-state index contributed by atoms with van der Waals surface area (Å²) in [6.45, 7) is 5.01. The zero-order chi connectivity index (χ0) is 21.1. The Hall–Kier alpha value is -0.900. The molecule has 0 aliphatic heterocycles. The monoisotopic (exact) mass is 415 g/mol. The van der Waals surface area contributed by atoms with Gasteiger partial charge in [0.2, 0.25) is 0 Å². The zero-order valence-corrected chi connectivity index (χ0v) is 19.3. The minimum absolute atomic E-state index is 0.0654. The number of carbonyl (C=O) groups excluding carboxylic acids is 2. The number of ether oxygens (including phenoxy) is 1. The molecular weight excluding hydrogens is 374 g/mol. The maximum atomic E-state index is 12.8. The van der Waals surface area contributed by atoms with E-state index in [1.807, 2.05) is 0 Å². The highest BCUT2D eigenvalue weighted by Crippen LogP contribution is 2.66. The molecule has 4 heteroatoms. The van der Waals surface area contributed by atoms with Gasteiger partial charge in [0.25, 0.3) is 0 Å². The highest BCUT2D eigenvalue weighted by atomic mass is 16.5. The summed E-state index contributed by atoms with van der Waals surface area (Å²) in [5.74, 6) is 1.89. The summed E-state index contributed by atoms with van der Waals surface area (Å²) in [6.07, 6.45) is 14.5. The van der Waals surface area contributed by atoms with Crippen LogP contribution in [0.3, 0.4) is 0 Å². The van der Waals surface area contributed by atoms with E-state index in [-0.39, 0.29) is 17.2 Å². The van der Waals surface area contributed by atoms with Crippen LogP contribution >= 0.6 is 0 Å². The maximum absolute atomic E-state index is 12.8. The van der Waals surface area contributed by atoms with E-state index in [2.05, 4.69) is 19.2 Å². The quantitative estimate of drug-likeness (QED) is 0.526. The van der Waals surface area contributed by atoms with Crippen molar-refractivity contribution in [1.82, 2.24) is 5.32 Å². The second-order valence-corrected chi connectivity index (χ2v) is 12.0. The molecule has 0 heterocycles. The van der Waals surface area contributed by atoms with Crippen LogP contribution in [0.1, 0.15) is 90.9 Å². The standard InChI is InChI=1S/C26H41NO3/c1-25-12-6-9-20(25)18-11-10-16-13-22(28)19(24(29)30-3)14-26(16,2)23(18)21(15-25)27-17-7-4-5-8-17/h16-21,23,27H,4-15H2,1-3H3/t16?,18-,19?,20-,21?,23-,25-,26-/m0/s1. The predicted molar refractivity (Wildman–Crippen MR) is 117 cm³/mol. The van der Waals surface area contributed by atoms with Crippen molar-refractivity contribution >= 4 is 11.8 Å². The SMILES string of the molecule is COC(=O)C1C[C@@]2(C)C(CC[C@@H]3[C@H]2C(NC2CCCC2)C[C@]2(C)CCC[C@@H]32)CC1=O. The van der Waals surface area contributed by atoms with E-state index in [1.165, 1.54) is 71.3 Å². The number of hydrogen-bond donors (Lipinski definition) is 1. The first-order valence-corrected chi connectivity index (χ1v) is 12.7. The highest BCUT2D eigenvalue weighted by Gasteiger charge is 2.62. The van der Waals surface area contributed by atoms with Crippen molar-refractivity contribution < 1.29 is 14.3 Å². The third-order valence-electron chi connectivity index (χ3n) is 10.6. The van der Waals surface area contributed by atoms with Crippen molar-refractivity contribution in [3.05, 3.63) is 0 Å². The molecular formula is C26H41NO3.